The van der Waals surface area contributed by atoms with Gasteiger partial charge in [0.05, 0.1) is 5.56 Å². The van der Waals surface area contributed by atoms with Gasteiger partial charge in [-0.3, -0.25) is 14.4 Å². The topological polar surface area (TPSA) is 199 Å². The van der Waals surface area contributed by atoms with Crippen molar-refractivity contribution in [2.24, 2.45) is 0 Å². The first kappa shape index (κ1) is 26.7. The van der Waals surface area contributed by atoms with Gasteiger partial charge in [0, 0.05) is 13.8 Å². The quantitative estimate of drug-likeness (QED) is 0.198. The van der Waals surface area contributed by atoms with Crippen molar-refractivity contribution in [2.45, 2.75) is 44.6 Å². The number of benzene rings is 2. The summed E-state index contributed by atoms with van der Waals surface area (Å²) in [6, 6.07) is 6.37. The highest BCUT2D eigenvalue weighted by atomic mass is 16.7. The van der Waals surface area contributed by atoms with Crippen LogP contribution in [0.25, 0.3) is 6.08 Å². The Bertz CT molecular complexity index is 1300. The molecule has 2 aromatic carbocycles. The Morgan fingerprint density at radius 1 is 1.00 bits per heavy atom. The van der Waals surface area contributed by atoms with Gasteiger partial charge in [-0.15, -0.1) is 0 Å². The van der Waals surface area contributed by atoms with E-state index in [-0.39, 0.29) is 28.6 Å². The fourth-order valence-corrected chi connectivity index (χ4v) is 3.89. The minimum atomic E-state index is -1.73. The summed E-state index contributed by atoms with van der Waals surface area (Å²) < 4.78 is 26.5. The van der Waals surface area contributed by atoms with E-state index in [9.17, 15) is 39.9 Å². The SMILES string of the molecule is CC(=O)OC[C@@H]1O[C@@H](Oc2ccc3c(c2O)O/C(=C\c2ccc(O)c(O)c2)C3=O)[C@H](O)[C@@H](OC(C)=O)[C@@H]1O. The molecule has 4 rings (SSSR count). The zero-order chi connectivity index (χ0) is 27.7. The monoisotopic (exact) mass is 532 g/mol. The smallest absolute Gasteiger partial charge is 0.303 e. The molecule has 13 heteroatoms. The summed E-state index contributed by atoms with van der Waals surface area (Å²) in [5, 5.41) is 51.1. The summed E-state index contributed by atoms with van der Waals surface area (Å²) in [5.41, 5.74) is 0.329. The minimum absolute atomic E-state index is 0.00448. The summed E-state index contributed by atoms with van der Waals surface area (Å²) in [6.07, 6.45) is -6.40. The lowest BCUT2D eigenvalue weighted by Crippen LogP contribution is -2.61. The van der Waals surface area contributed by atoms with Crippen LogP contribution in [0.3, 0.4) is 0 Å². The Morgan fingerprint density at radius 2 is 1.74 bits per heavy atom. The maximum absolute atomic E-state index is 12.8. The van der Waals surface area contributed by atoms with Gasteiger partial charge in [-0.1, -0.05) is 6.07 Å². The minimum Gasteiger partial charge on any atom is -0.504 e. The molecule has 0 bridgehead atoms. The lowest BCUT2D eigenvalue weighted by atomic mass is 9.99. The van der Waals surface area contributed by atoms with Crippen molar-refractivity contribution in [1.82, 2.24) is 0 Å². The van der Waals surface area contributed by atoms with Gasteiger partial charge in [0.15, 0.2) is 41.0 Å². The molecule has 0 unspecified atom stereocenters. The van der Waals surface area contributed by atoms with Gasteiger partial charge >= 0.3 is 11.9 Å². The van der Waals surface area contributed by atoms with E-state index < -0.39 is 66.5 Å². The lowest BCUT2D eigenvalue weighted by Gasteiger charge is -2.41. The predicted molar refractivity (Wildman–Crippen MR) is 124 cm³/mol. The number of phenolic OH excluding ortho intramolecular Hbond substituents is 3. The molecule has 1 saturated heterocycles. The molecule has 0 amide bonds. The van der Waals surface area contributed by atoms with Crippen molar-refractivity contribution < 1.29 is 63.6 Å². The average molecular weight is 532 g/mol. The first-order valence-electron chi connectivity index (χ1n) is 11.3. The van der Waals surface area contributed by atoms with Gasteiger partial charge in [0.1, 0.15) is 18.8 Å². The molecule has 202 valence electrons. The molecule has 5 N–H and O–H groups in total. The van der Waals surface area contributed by atoms with E-state index in [4.69, 9.17) is 23.7 Å². The first-order chi connectivity index (χ1) is 18.0. The molecule has 5 atom stereocenters. The summed E-state index contributed by atoms with van der Waals surface area (Å²) in [4.78, 5) is 35.5. The molecule has 2 heterocycles. The molecule has 2 aliphatic heterocycles. The second kappa shape index (κ2) is 10.6. The van der Waals surface area contributed by atoms with Crippen molar-refractivity contribution in [3.8, 4) is 28.7 Å². The number of hydrogen-bond acceptors (Lipinski definition) is 13. The first-order valence-corrected chi connectivity index (χ1v) is 11.3. The largest absolute Gasteiger partial charge is 0.504 e. The third-order valence-corrected chi connectivity index (χ3v) is 5.71. The number of rotatable bonds is 6. The number of phenols is 3. The van der Waals surface area contributed by atoms with Crippen LogP contribution in [-0.4, -0.2) is 80.6 Å². The summed E-state index contributed by atoms with van der Waals surface area (Å²) in [7, 11) is 0. The highest BCUT2D eigenvalue weighted by Gasteiger charge is 2.48. The van der Waals surface area contributed by atoms with Gasteiger partial charge in [-0.05, 0) is 35.9 Å². The van der Waals surface area contributed by atoms with Crippen LogP contribution in [0.4, 0.5) is 0 Å². The molecule has 0 radical (unpaired) electrons. The second-order valence-corrected chi connectivity index (χ2v) is 8.50. The molecule has 2 aromatic rings. The average Bonchev–Trinajstić information content (AvgIpc) is 3.17. The van der Waals surface area contributed by atoms with Crippen LogP contribution in [0.5, 0.6) is 28.7 Å². The van der Waals surface area contributed by atoms with E-state index in [0.29, 0.717) is 5.56 Å². The number of carbonyl (C=O) groups excluding carboxylic acids is 3. The number of carbonyl (C=O) groups is 3. The normalized spacial score (nSPS) is 25.4. The van der Waals surface area contributed by atoms with Gasteiger partial charge < -0.3 is 49.2 Å². The number of esters is 2. The van der Waals surface area contributed by atoms with E-state index in [1.165, 1.54) is 36.4 Å². The summed E-state index contributed by atoms with van der Waals surface area (Å²) in [5.74, 6) is -4.15. The summed E-state index contributed by atoms with van der Waals surface area (Å²) >= 11 is 0. The van der Waals surface area contributed by atoms with E-state index >= 15 is 0 Å². The van der Waals surface area contributed by atoms with Crippen LogP contribution in [0.1, 0.15) is 29.8 Å². The molecule has 0 aliphatic carbocycles. The number of aliphatic hydroxyl groups is 2. The Balaban J connectivity index is 1.58. The fraction of sp³-hybridized carbons (Fsp3) is 0.320. The number of ether oxygens (including phenoxy) is 5. The van der Waals surface area contributed by atoms with E-state index in [1.54, 1.807) is 0 Å². The molecule has 38 heavy (non-hydrogen) atoms. The molecular weight excluding hydrogens is 508 g/mol. The Kier molecular flexibility index (Phi) is 7.44. The second-order valence-electron chi connectivity index (χ2n) is 8.50. The van der Waals surface area contributed by atoms with Gasteiger partial charge in [0.25, 0.3) is 0 Å². The molecule has 0 aromatic heterocycles. The number of ketones is 1. The molecular formula is C25H24O13. The standard InChI is InChI=1S/C25H24O13/c1-10(26)34-9-18-21(32)24(35-11(2)27)22(33)25(38-18)37-16-6-4-13-19(30)17(36-23(13)20(16)31)8-12-3-5-14(28)15(29)7-12/h3-8,18,21-22,24-25,28-29,31-33H,9H2,1-2H3/b17-8-/t18-,21+,22+,24-,25+/m0/s1. The Hall–Kier alpha value is -4.33. The molecule has 2 aliphatic rings. The van der Waals surface area contributed by atoms with Gasteiger partial charge in [-0.2, -0.15) is 0 Å². The zero-order valence-corrected chi connectivity index (χ0v) is 20.1. The number of Topliss-reactive ketones (excluding diaryl/α,β-unsaturated/α-hetero) is 1. The van der Waals surface area contributed by atoms with Gasteiger partial charge in [0.2, 0.25) is 17.8 Å². The highest BCUT2D eigenvalue weighted by molar-refractivity contribution is 6.15. The Labute approximate surface area is 215 Å². The number of aliphatic hydroxyl groups excluding tert-OH is 2. The number of allylic oxidation sites excluding steroid dienone is 1. The number of hydrogen-bond donors (Lipinski definition) is 5. The van der Waals surface area contributed by atoms with Crippen LogP contribution in [0.15, 0.2) is 36.1 Å². The summed E-state index contributed by atoms with van der Waals surface area (Å²) in [6.45, 7) is 1.76. The fourth-order valence-electron chi connectivity index (χ4n) is 3.89. The molecule has 13 nitrogen and oxygen atoms in total. The van der Waals surface area contributed by atoms with Crippen LogP contribution >= 0.6 is 0 Å². The van der Waals surface area contributed by atoms with E-state index in [0.717, 1.165) is 13.8 Å². The Morgan fingerprint density at radius 3 is 2.39 bits per heavy atom. The maximum atomic E-state index is 12.8. The van der Waals surface area contributed by atoms with Crippen LogP contribution < -0.4 is 9.47 Å². The highest BCUT2D eigenvalue weighted by Crippen LogP contribution is 2.45. The molecule has 0 saturated carbocycles. The zero-order valence-electron chi connectivity index (χ0n) is 20.1. The van der Waals surface area contributed by atoms with Gasteiger partial charge in [-0.25, -0.2) is 0 Å². The predicted octanol–water partition coefficient (Wildman–Crippen LogP) is 0.740. The van der Waals surface area contributed by atoms with E-state index in [2.05, 4.69) is 0 Å². The van der Waals surface area contributed by atoms with Crippen LogP contribution in [0.2, 0.25) is 0 Å². The van der Waals surface area contributed by atoms with Crippen LogP contribution in [-0.2, 0) is 23.8 Å². The maximum Gasteiger partial charge on any atom is 0.303 e. The molecule has 1 fully saturated rings. The van der Waals surface area contributed by atoms with Crippen molar-refractivity contribution >= 4 is 23.8 Å². The number of fused-ring (bicyclic) bond motifs is 1. The van der Waals surface area contributed by atoms with Crippen molar-refractivity contribution in [3.05, 3.63) is 47.2 Å². The third-order valence-electron chi connectivity index (χ3n) is 5.71. The van der Waals surface area contributed by atoms with Crippen molar-refractivity contribution in [1.29, 1.82) is 0 Å². The van der Waals surface area contributed by atoms with Crippen molar-refractivity contribution in [3.63, 3.8) is 0 Å². The number of aromatic hydroxyl groups is 3. The van der Waals surface area contributed by atoms with E-state index in [1.807, 2.05) is 0 Å². The lowest BCUT2D eigenvalue weighted by molar-refractivity contribution is -0.282. The molecule has 0 spiro atoms. The third kappa shape index (κ3) is 5.34. The van der Waals surface area contributed by atoms with Crippen molar-refractivity contribution in [2.75, 3.05) is 6.61 Å². The van der Waals surface area contributed by atoms with Crippen LogP contribution in [0, 0.1) is 0 Å².